The molecule has 0 unspecified atom stereocenters. The van der Waals surface area contributed by atoms with Gasteiger partial charge in [-0.15, -0.1) is 0 Å². The van der Waals surface area contributed by atoms with E-state index < -0.39 is 0 Å². The van der Waals surface area contributed by atoms with E-state index in [0.29, 0.717) is 48.2 Å². The Bertz CT molecular complexity index is 1300. The number of carbonyl (C=O) groups is 1. The minimum Gasteiger partial charge on any atom is -0.383 e. The lowest BCUT2D eigenvalue weighted by Gasteiger charge is -2.29. The fourth-order valence-corrected chi connectivity index (χ4v) is 3.93. The van der Waals surface area contributed by atoms with E-state index in [4.69, 9.17) is 15.9 Å². The maximum absolute atomic E-state index is 12.3. The Morgan fingerprint density at radius 3 is 2.68 bits per heavy atom. The van der Waals surface area contributed by atoms with Gasteiger partial charge in [-0.25, -0.2) is 4.98 Å². The van der Waals surface area contributed by atoms with Crippen molar-refractivity contribution in [3.8, 4) is 11.3 Å². The highest BCUT2D eigenvalue weighted by molar-refractivity contribution is 6.00. The van der Waals surface area contributed by atoms with E-state index >= 15 is 0 Å². The number of morpholine rings is 1. The number of rotatable bonds is 9. The standard InChI is InChI=1S/C27H32N8O2.3H2/c1-34(2)11-5-10-24(36)30-20-7-3-6-19(16-20)25-23(18-28)26(29)33-27(32-25)31-21-8-4-9-22(17-21)35-12-14-37-15-13-35;;;/h3-10,16-18,28H,11-15H2,1-2H3,(H,30,36)(H3,29,31,32,33);3*1H/b10-5+,28-18?;;;. The van der Waals surface area contributed by atoms with Crippen LogP contribution >= 0.6 is 0 Å². The second kappa shape index (κ2) is 12.1. The van der Waals surface area contributed by atoms with Crippen molar-refractivity contribution in [1.29, 1.82) is 5.41 Å². The Morgan fingerprint density at radius 2 is 1.92 bits per heavy atom. The molecule has 2 aromatic carbocycles. The normalized spacial score (nSPS) is 13.6. The van der Waals surface area contributed by atoms with Gasteiger partial charge in [0.05, 0.1) is 24.5 Å². The van der Waals surface area contributed by atoms with Gasteiger partial charge in [-0.3, -0.25) is 4.79 Å². The zero-order valence-electron chi connectivity index (χ0n) is 21.1. The lowest BCUT2D eigenvalue weighted by atomic mass is 10.1. The molecule has 37 heavy (non-hydrogen) atoms. The van der Waals surface area contributed by atoms with Gasteiger partial charge in [0.15, 0.2) is 0 Å². The number of benzene rings is 2. The number of hydrogen-bond acceptors (Lipinski definition) is 9. The monoisotopic (exact) mass is 506 g/mol. The molecule has 0 aliphatic carbocycles. The molecule has 0 radical (unpaired) electrons. The van der Waals surface area contributed by atoms with E-state index in [9.17, 15) is 4.79 Å². The fraction of sp³-hybridized carbons (Fsp3) is 0.259. The molecule has 0 atom stereocenters. The van der Waals surface area contributed by atoms with Crippen molar-refractivity contribution in [1.82, 2.24) is 14.9 Å². The van der Waals surface area contributed by atoms with Gasteiger partial charge in [-0.1, -0.05) is 24.3 Å². The molecule has 0 spiro atoms. The van der Waals surface area contributed by atoms with E-state index in [-0.39, 0.29) is 16.0 Å². The van der Waals surface area contributed by atoms with Crippen LogP contribution in [0.25, 0.3) is 11.3 Å². The number of anilines is 5. The highest BCUT2D eigenvalue weighted by Crippen LogP contribution is 2.29. The van der Waals surface area contributed by atoms with Crippen molar-refractivity contribution in [2.24, 2.45) is 0 Å². The van der Waals surface area contributed by atoms with Crippen LogP contribution in [0.2, 0.25) is 0 Å². The first-order valence-electron chi connectivity index (χ1n) is 12.0. The Morgan fingerprint density at radius 1 is 1.16 bits per heavy atom. The lowest BCUT2D eigenvalue weighted by Crippen LogP contribution is -2.36. The van der Waals surface area contributed by atoms with Gasteiger partial charge in [0.2, 0.25) is 11.9 Å². The van der Waals surface area contributed by atoms with E-state index in [1.165, 1.54) is 6.08 Å². The maximum Gasteiger partial charge on any atom is 0.248 e. The van der Waals surface area contributed by atoms with Gasteiger partial charge in [0.25, 0.3) is 0 Å². The van der Waals surface area contributed by atoms with Crippen molar-refractivity contribution in [3.05, 3.63) is 66.2 Å². The van der Waals surface area contributed by atoms with Gasteiger partial charge in [0, 0.05) is 58.8 Å². The topological polar surface area (TPSA) is 132 Å². The summed E-state index contributed by atoms with van der Waals surface area (Å²) in [6.07, 6.45) is 4.44. The molecular formula is C27H38N8O2. The number of nitrogens with one attached hydrogen (secondary N) is 3. The van der Waals surface area contributed by atoms with E-state index in [1.807, 2.05) is 49.3 Å². The zero-order chi connectivity index (χ0) is 26.2. The summed E-state index contributed by atoms with van der Waals surface area (Å²) in [4.78, 5) is 25.6. The predicted molar refractivity (Wildman–Crippen MR) is 155 cm³/mol. The summed E-state index contributed by atoms with van der Waals surface area (Å²) in [7, 11) is 3.87. The number of hydrogen-bond donors (Lipinski definition) is 4. The molecule has 1 saturated heterocycles. The molecular weight excluding hydrogens is 468 g/mol. The number of aromatic nitrogens is 2. The molecule has 4 rings (SSSR count). The fourth-order valence-electron chi connectivity index (χ4n) is 3.93. The van der Waals surface area contributed by atoms with Crippen LogP contribution in [0, 0.1) is 5.41 Å². The SMILES string of the molecule is CN(C)C/C=C/C(=O)Nc1cccc(-c2nc(Nc3cccc(N4CCOCC4)c3)nc(N)c2C=N)c1.[HH].[HH].[HH]. The minimum absolute atomic E-state index is 0. The Hall–Kier alpha value is -4.28. The number of nitrogens with zero attached hydrogens (tertiary/aromatic N) is 4. The van der Waals surface area contributed by atoms with Crippen molar-refractivity contribution in [2.75, 3.05) is 68.2 Å². The number of nitrogen functional groups attached to an aromatic ring is 1. The van der Waals surface area contributed by atoms with Crippen LogP contribution in [-0.2, 0) is 9.53 Å². The van der Waals surface area contributed by atoms with E-state index in [2.05, 4.69) is 31.6 Å². The van der Waals surface area contributed by atoms with Gasteiger partial charge >= 0.3 is 0 Å². The number of amides is 1. The average Bonchev–Trinajstić information content (AvgIpc) is 2.89. The predicted octanol–water partition coefficient (Wildman–Crippen LogP) is 4.10. The maximum atomic E-state index is 12.3. The molecule has 0 bridgehead atoms. The molecule has 10 heteroatoms. The van der Waals surface area contributed by atoms with E-state index in [1.54, 1.807) is 18.2 Å². The Labute approximate surface area is 221 Å². The molecule has 1 aliphatic rings. The molecule has 1 aliphatic heterocycles. The number of likely N-dealkylation sites (N-methyl/N-ethyl adjacent to an activating group) is 1. The van der Waals surface area contributed by atoms with Gasteiger partial charge in [0.1, 0.15) is 5.82 Å². The lowest BCUT2D eigenvalue weighted by molar-refractivity contribution is -0.111. The Balaban J connectivity index is 0.00000267. The molecule has 2 heterocycles. The van der Waals surface area contributed by atoms with Crippen LogP contribution in [0.1, 0.15) is 9.84 Å². The largest absolute Gasteiger partial charge is 0.383 e. The van der Waals surface area contributed by atoms with E-state index in [0.717, 1.165) is 30.7 Å². The van der Waals surface area contributed by atoms with Gasteiger partial charge in [-0.2, -0.15) is 4.98 Å². The first-order chi connectivity index (χ1) is 17.9. The highest BCUT2D eigenvalue weighted by atomic mass is 16.5. The van der Waals surface area contributed by atoms with Crippen molar-refractivity contribution >= 4 is 41.0 Å². The molecule has 0 saturated carbocycles. The summed E-state index contributed by atoms with van der Waals surface area (Å²) in [6.45, 7) is 3.75. The molecule has 10 nitrogen and oxygen atoms in total. The molecule has 1 amide bonds. The highest BCUT2D eigenvalue weighted by Gasteiger charge is 2.15. The summed E-state index contributed by atoms with van der Waals surface area (Å²) in [6, 6.07) is 15.3. The van der Waals surface area contributed by atoms with Crippen LogP contribution in [0.3, 0.4) is 0 Å². The van der Waals surface area contributed by atoms with Crippen LogP contribution in [0.4, 0.5) is 28.8 Å². The van der Waals surface area contributed by atoms with Crippen LogP contribution < -0.4 is 21.3 Å². The van der Waals surface area contributed by atoms with Gasteiger partial charge in [-0.05, 0) is 44.4 Å². The number of nitrogens with two attached hydrogens (primary N) is 1. The first-order valence-corrected chi connectivity index (χ1v) is 12.0. The minimum atomic E-state index is -0.226. The number of ether oxygens (including phenoxy) is 1. The Kier molecular flexibility index (Phi) is 8.44. The third-order valence-electron chi connectivity index (χ3n) is 5.74. The molecule has 5 N–H and O–H groups in total. The quantitative estimate of drug-likeness (QED) is 0.252. The van der Waals surface area contributed by atoms with Crippen LogP contribution in [0.15, 0.2) is 60.7 Å². The average molecular weight is 507 g/mol. The first kappa shape index (κ1) is 25.8. The zero-order valence-corrected chi connectivity index (χ0v) is 21.1. The summed E-state index contributed by atoms with van der Waals surface area (Å²) < 4.78 is 5.45. The van der Waals surface area contributed by atoms with Crippen LogP contribution in [-0.4, -0.2) is 73.9 Å². The van der Waals surface area contributed by atoms with Crippen molar-refractivity contribution in [2.45, 2.75) is 0 Å². The molecule has 1 aromatic heterocycles. The van der Waals surface area contributed by atoms with Crippen molar-refractivity contribution < 1.29 is 13.8 Å². The van der Waals surface area contributed by atoms with Gasteiger partial charge < -0.3 is 36.3 Å². The summed E-state index contributed by atoms with van der Waals surface area (Å²) in [5.74, 6) is 0.280. The smallest absolute Gasteiger partial charge is 0.248 e. The molecule has 198 valence electrons. The second-order valence-electron chi connectivity index (χ2n) is 8.85. The number of carbonyl (C=O) groups excluding carboxylic acids is 1. The van der Waals surface area contributed by atoms with Crippen molar-refractivity contribution in [3.63, 3.8) is 0 Å². The third-order valence-corrected chi connectivity index (χ3v) is 5.74. The second-order valence-corrected chi connectivity index (χ2v) is 8.85. The molecule has 3 aromatic rings. The third kappa shape index (κ3) is 6.90. The summed E-state index contributed by atoms with van der Waals surface area (Å²) in [5.41, 5.74) is 10.3. The molecule has 1 fully saturated rings. The summed E-state index contributed by atoms with van der Waals surface area (Å²) >= 11 is 0. The summed E-state index contributed by atoms with van der Waals surface area (Å²) in [5, 5.41) is 14.0. The van der Waals surface area contributed by atoms with Crippen LogP contribution in [0.5, 0.6) is 0 Å².